The zero-order chi connectivity index (χ0) is 17.3. The van der Waals surface area contributed by atoms with E-state index in [0.29, 0.717) is 22.5 Å². The second-order valence-corrected chi connectivity index (χ2v) is 6.80. The summed E-state index contributed by atoms with van der Waals surface area (Å²) in [5.74, 6) is -0.160. The molecule has 0 bridgehead atoms. The summed E-state index contributed by atoms with van der Waals surface area (Å²) in [7, 11) is 0. The number of thiophene rings is 1. The highest BCUT2D eigenvalue weighted by molar-refractivity contribution is 7.12. The summed E-state index contributed by atoms with van der Waals surface area (Å²) in [6, 6.07) is 8.45. The van der Waals surface area contributed by atoms with E-state index in [1.54, 1.807) is 35.6 Å². The predicted octanol–water partition coefficient (Wildman–Crippen LogP) is 2.00. The van der Waals surface area contributed by atoms with Crippen molar-refractivity contribution < 1.29 is 9.59 Å². The number of aryl methyl sites for hydroxylation is 2. The van der Waals surface area contributed by atoms with Gasteiger partial charge in [-0.05, 0) is 37.3 Å². The van der Waals surface area contributed by atoms with Gasteiger partial charge >= 0.3 is 0 Å². The van der Waals surface area contributed by atoms with E-state index in [4.69, 9.17) is 5.73 Å². The largest absolute Gasteiger partial charge is 0.366 e. The predicted molar refractivity (Wildman–Crippen MR) is 89.9 cm³/mol. The van der Waals surface area contributed by atoms with Crippen LogP contribution in [0.4, 0.5) is 0 Å². The molecule has 0 aliphatic heterocycles. The van der Waals surface area contributed by atoms with Gasteiger partial charge in [0.15, 0.2) is 5.78 Å². The molecule has 2 N–H and O–H groups in total. The maximum absolute atomic E-state index is 12.3. The van der Waals surface area contributed by atoms with E-state index in [1.807, 2.05) is 19.9 Å². The van der Waals surface area contributed by atoms with Crippen LogP contribution >= 0.6 is 11.3 Å². The monoisotopic (exact) mass is 341 g/mol. The second kappa shape index (κ2) is 6.32. The molecule has 0 aliphatic rings. The summed E-state index contributed by atoms with van der Waals surface area (Å²) < 4.78 is 0. The number of primary amides is 1. The van der Waals surface area contributed by atoms with Crippen molar-refractivity contribution in [1.82, 2.24) is 20.2 Å². The lowest BCUT2D eigenvalue weighted by molar-refractivity contribution is 0.0959. The Bertz CT molecular complexity index is 911. The molecule has 7 nitrogen and oxygen atoms in total. The highest BCUT2D eigenvalue weighted by atomic mass is 32.1. The average molecular weight is 341 g/mol. The number of Topliss-reactive ketones (excluding diaryl/α,β-unsaturated/α-hetero) is 1. The fraction of sp³-hybridized carbons (Fsp3) is 0.188. The molecule has 0 unspecified atom stereocenters. The number of rotatable bonds is 5. The minimum absolute atomic E-state index is 0.0311. The quantitative estimate of drug-likeness (QED) is 0.715. The molecule has 0 spiro atoms. The molecule has 1 aromatic carbocycles. The van der Waals surface area contributed by atoms with Crippen molar-refractivity contribution in [3.05, 3.63) is 51.2 Å². The van der Waals surface area contributed by atoms with Crippen LogP contribution in [0.25, 0.3) is 11.4 Å². The molecule has 122 valence electrons. The molecule has 3 aromatic rings. The van der Waals surface area contributed by atoms with Crippen LogP contribution in [0.2, 0.25) is 0 Å². The molecule has 0 atom stereocenters. The molecule has 3 rings (SSSR count). The number of tetrazole rings is 1. The zero-order valence-electron chi connectivity index (χ0n) is 13.2. The van der Waals surface area contributed by atoms with Gasteiger partial charge < -0.3 is 5.73 Å². The van der Waals surface area contributed by atoms with Crippen molar-refractivity contribution in [3.8, 4) is 11.4 Å². The maximum Gasteiger partial charge on any atom is 0.248 e. The SMILES string of the molecule is Cc1cc(C(=O)Cn2nnc(-c3ccc(C(N)=O)cc3)n2)c(C)s1. The summed E-state index contributed by atoms with van der Waals surface area (Å²) in [4.78, 5) is 26.8. The zero-order valence-corrected chi connectivity index (χ0v) is 14.0. The first-order valence-electron chi connectivity index (χ1n) is 7.22. The summed E-state index contributed by atoms with van der Waals surface area (Å²) in [6.45, 7) is 3.92. The van der Waals surface area contributed by atoms with Gasteiger partial charge in [0, 0.05) is 26.4 Å². The minimum Gasteiger partial charge on any atom is -0.366 e. The lowest BCUT2D eigenvalue weighted by Crippen LogP contribution is -2.13. The number of nitrogens with two attached hydrogens (primary N) is 1. The van der Waals surface area contributed by atoms with Crippen molar-refractivity contribution >= 4 is 23.0 Å². The number of hydrogen-bond donors (Lipinski definition) is 1. The third-order valence-corrected chi connectivity index (χ3v) is 4.47. The lowest BCUT2D eigenvalue weighted by Gasteiger charge is -1.99. The molecule has 0 aliphatic carbocycles. The Morgan fingerprint density at radius 2 is 1.92 bits per heavy atom. The van der Waals surface area contributed by atoms with Gasteiger partial charge in [0.1, 0.15) is 6.54 Å². The molecule has 8 heteroatoms. The first-order valence-corrected chi connectivity index (χ1v) is 8.04. The standard InChI is InChI=1S/C16H15N5O2S/c1-9-7-13(10(2)24-9)14(22)8-21-19-16(18-20-21)12-5-3-11(4-6-12)15(17)23/h3-7H,8H2,1-2H3,(H2,17,23). The summed E-state index contributed by atoms with van der Waals surface area (Å²) >= 11 is 1.59. The molecular weight excluding hydrogens is 326 g/mol. The number of aromatic nitrogens is 4. The summed E-state index contributed by atoms with van der Waals surface area (Å²) in [5.41, 5.74) is 7.01. The topological polar surface area (TPSA) is 104 Å². The molecule has 2 heterocycles. The summed E-state index contributed by atoms with van der Waals surface area (Å²) in [6.07, 6.45) is 0. The molecule has 0 saturated carbocycles. The van der Waals surface area contributed by atoms with Crippen molar-refractivity contribution in [2.45, 2.75) is 20.4 Å². The van der Waals surface area contributed by atoms with Crippen molar-refractivity contribution in [1.29, 1.82) is 0 Å². The van der Waals surface area contributed by atoms with E-state index < -0.39 is 5.91 Å². The van der Waals surface area contributed by atoms with Crippen LogP contribution in [0, 0.1) is 13.8 Å². The minimum atomic E-state index is -0.495. The second-order valence-electron chi connectivity index (χ2n) is 5.34. The van der Waals surface area contributed by atoms with Gasteiger partial charge in [0.2, 0.25) is 11.7 Å². The number of hydrogen-bond acceptors (Lipinski definition) is 6. The van der Waals surface area contributed by atoms with E-state index >= 15 is 0 Å². The fourth-order valence-electron chi connectivity index (χ4n) is 2.33. The van der Waals surface area contributed by atoms with Crippen molar-refractivity contribution in [3.63, 3.8) is 0 Å². The third-order valence-electron chi connectivity index (χ3n) is 3.51. The number of benzene rings is 1. The van der Waals surface area contributed by atoms with Gasteiger partial charge in [0.05, 0.1) is 0 Å². The smallest absolute Gasteiger partial charge is 0.248 e. The fourth-order valence-corrected chi connectivity index (χ4v) is 3.27. The van der Waals surface area contributed by atoms with Gasteiger partial charge in [-0.15, -0.1) is 21.5 Å². The first kappa shape index (κ1) is 16.0. The Kier molecular flexibility index (Phi) is 4.22. The Morgan fingerprint density at radius 1 is 1.21 bits per heavy atom. The average Bonchev–Trinajstić information content (AvgIpc) is 3.13. The highest BCUT2D eigenvalue weighted by Gasteiger charge is 2.15. The molecule has 24 heavy (non-hydrogen) atoms. The van der Waals surface area contributed by atoms with Crippen LogP contribution in [0.1, 0.15) is 30.5 Å². The Labute approximate surface area is 142 Å². The first-order chi connectivity index (χ1) is 11.4. The highest BCUT2D eigenvalue weighted by Crippen LogP contribution is 2.21. The molecular formula is C16H15N5O2S. The van der Waals surface area contributed by atoms with Gasteiger partial charge in [-0.25, -0.2) is 0 Å². The van der Waals surface area contributed by atoms with Crippen LogP contribution in [0.3, 0.4) is 0 Å². The van der Waals surface area contributed by atoms with Gasteiger partial charge in [-0.1, -0.05) is 12.1 Å². The lowest BCUT2D eigenvalue weighted by atomic mass is 10.1. The number of ketones is 1. The van der Waals surface area contributed by atoms with E-state index in [9.17, 15) is 9.59 Å². The number of carbonyl (C=O) groups is 2. The van der Waals surface area contributed by atoms with Crippen LogP contribution in [0.15, 0.2) is 30.3 Å². The molecule has 0 saturated heterocycles. The maximum atomic E-state index is 12.3. The molecule has 2 aromatic heterocycles. The number of amides is 1. The van der Waals surface area contributed by atoms with Crippen LogP contribution in [-0.4, -0.2) is 31.9 Å². The molecule has 1 amide bonds. The molecule has 0 radical (unpaired) electrons. The van der Waals surface area contributed by atoms with Gasteiger partial charge in [-0.3, -0.25) is 9.59 Å². The Morgan fingerprint density at radius 3 is 2.50 bits per heavy atom. The van der Waals surface area contributed by atoms with E-state index in [1.165, 1.54) is 4.80 Å². The van der Waals surface area contributed by atoms with E-state index in [-0.39, 0.29) is 12.3 Å². The van der Waals surface area contributed by atoms with E-state index in [2.05, 4.69) is 15.4 Å². The van der Waals surface area contributed by atoms with Crippen molar-refractivity contribution in [2.24, 2.45) is 5.73 Å². The van der Waals surface area contributed by atoms with Gasteiger partial charge in [-0.2, -0.15) is 4.80 Å². The third kappa shape index (κ3) is 3.23. The normalized spacial score (nSPS) is 10.8. The summed E-state index contributed by atoms with van der Waals surface area (Å²) in [5, 5.41) is 12.1. The van der Waals surface area contributed by atoms with Crippen molar-refractivity contribution in [2.75, 3.05) is 0 Å². The van der Waals surface area contributed by atoms with Crippen LogP contribution in [-0.2, 0) is 6.54 Å². The number of nitrogens with zero attached hydrogens (tertiary/aromatic N) is 4. The van der Waals surface area contributed by atoms with Gasteiger partial charge in [0.25, 0.3) is 0 Å². The van der Waals surface area contributed by atoms with Crippen LogP contribution in [0.5, 0.6) is 0 Å². The van der Waals surface area contributed by atoms with Crippen LogP contribution < -0.4 is 5.73 Å². The molecule has 0 fully saturated rings. The Hall–Kier alpha value is -2.87. The number of carbonyl (C=O) groups excluding carboxylic acids is 2. The Balaban J connectivity index is 1.77. The van der Waals surface area contributed by atoms with E-state index in [0.717, 1.165) is 9.75 Å².